The second kappa shape index (κ2) is 7.06. The number of rotatable bonds is 6. The second-order valence-corrected chi connectivity index (χ2v) is 5.89. The summed E-state index contributed by atoms with van der Waals surface area (Å²) < 4.78 is 8.61. The largest absolute Gasteiger partial charge is 0.491 e. The van der Waals surface area contributed by atoms with Gasteiger partial charge in [0.25, 0.3) is 0 Å². The van der Waals surface area contributed by atoms with Gasteiger partial charge in [-0.25, -0.2) is 5.43 Å². The van der Waals surface area contributed by atoms with Crippen LogP contribution in [0.5, 0.6) is 5.75 Å². The van der Waals surface area contributed by atoms with E-state index in [9.17, 15) is 0 Å². The Balaban J connectivity index is 2.39. The average Bonchev–Trinajstić information content (AvgIpc) is 2.81. The molecule has 2 rings (SSSR count). The summed E-state index contributed by atoms with van der Waals surface area (Å²) in [7, 11) is 0. The third kappa shape index (κ3) is 3.64. The fraction of sp³-hybridized carbons (Fsp3) is 0.400. The quantitative estimate of drug-likeness (QED) is 0.619. The van der Waals surface area contributed by atoms with E-state index in [1.165, 1.54) is 0 Å². The van der Waals surface area contributed by atoms with Crippen LogP contribution in [0, 0.1) is 0 Å². The molecule has 0 aliphatic heterocycles. The first-order chi connectivity index (χ1) is 10.1. The van der Waals surface area contributed by atoms with Crippen LogP contribution in [-0.4, -0.2) is 15.9 Å². The molecule has 0 amide bonds. The summed E-state index contributed by atoms with van der Waals surface area (Å²) in [6, 6.07) is 7.79. The number of aryl methyl sites for hydroxylation is 1. The zero-order valence-electron chi connectivity index (χ0n) is 12.5. The van der Waals surface area contributed by atoms with E-state index < -0.39 is 0 Å². The van der Waals surface area contributed by atoms with E-state index in [0.717, 1.165) is 28.0 Å². The predicted octanol–water partition coefficient (Wildman–Crippen LogP) is 3.01. The molecule has 0 saturated heterocycles. The SMILES string of the molecule is CCn1ncc(Br)c1C(NN)c1cccc(OC(C)C)c1. The maximum absolute atomic E-state index is 5.79. The molecule has 0 fully saturated rings. The number of nitrogens with two attached hydrogens (primary N) is 1. The first-order valence-corrected chi connectivity index (χ1v) is 7.80. The van der Waals surface area contributed by atoms with Gasteiger partial charge in [-0.1, -0.05) is 12.1 Å². The normalized spacial score (nSPS) is 12.7. The summed E-state index contributed by atoms with van der Waals surface area (Å²) in [4.78, 5) is 0. The lowest BCUT2D eigenvalue weighted by Crippen LogP contribution is -2.31. The maximum Gasteiger partial charge on any atom is 0.120 e. The Kier molecular flexibility index (Phi) is 5.39. The van der Waals surface area contributed by atoms with Crippen LogP contribution in [-0.2, 0) is 6.54 Å². The lowest BCUT2D eigenvalue weighted by atomic mass is 10.0. The van der Waals surface area contributed by atoms with Crippen molar-refractivity contribution >= 4 is 15.9 Å². The Morgan fingerprint density at radius 3 is 2.81 bits per heavy atom. The molecule has 0 aliphatic carbocycles. The minimum absolute atomic E-state index is 0.137. The highest BCUT2D eigenvalue weighted by molar-refractivity contribution is 9.10. The highest BCUT2D eigenvalue weighted by Crippen LogP contribution is 2.30. The van der Waals surface area contributed by atoms with Crippen LogP contribution < -0.4 is 16.0 Å². The first-order valence-electron chi connectivity index (χ1n) is 7.00. The molecule has 1 atom stereocenters. The van der Waals surface area contributed by atoms with E-state index in [-0.39, 0.29) is 12.1 Å². The molecule has 0 spiro atoms. The summed E-state index contributed by atoms with van der Waals surface area (Å²) in [6.45, 7) is 6.85. The van der Waals surface area contributed by atoms with Crippen molar-refractivity contribution in [3.63, 3.8) is 0 Å². The van der Waals surface area contributed by atoms with E-state index in [4.69, 9.17) is 10.6 Å². The van der Waals surface area contributed by atoms with Gasteiger partial charge in [0, 0.05) is 6.54 Å². The maximum atomic E-state index is 5.79. The second-order valence-electron chi connectivity index (χ2n) is 5.03. The number of nitrogens with one attached hydrogen (secondary N) is 1. The molecule has 1 unspecified atom stereocenters. The van der Waals surface area contributed by atoms with Crippen LogP contribution in [0.15, 0.2) is 34.9 Å². The van der Waals surface area contributed by atoms with Gasteiger partial charge in [-0.15, -0.1) is 0 Å². The summed E-state index contributed by atoms with van der Waals surface area (Å²) >= 11 is 3.55. The lowest BCUT2D eigenvalue weighted by Gasteiger charge is -2.20. The van der Waals surface area contributed by atoms with Gasteiger partial charge in [-0.3, -0.25) is 10.5 Å². The van der Waals surface area contributed by atoms with Gasteiger partial charge in [0.1, 0.15) is 5.75 Å². The number of hydrazine groups is 1. The monoisotopic (exact) mass is 352 g/mol. The molecule has 5 nitrogen and oxygen atoms in total. The van der Waals surface area contributed by atoms with Crippen molar-refractivity contribution in [3.05, 3.63) is 46.2 Å². The minimum Gasteiger partial charge on any atom is -0.491 e. The van der Waals surface area contributed by atoms with Crippen molar-refractivity contribution in [2.24, 2.45) is 5.84 Å². The van der Waals surface area contributed by atoms with Crippen LogP contribution in [0.4, 0.5) is 0 Å². The predicted molar refractivity (Wildman–Crippen MR) is 87.0 cm³/mol. The van der Waals surface area contributed by atoms with Crippen molar-refractivity contribution in [2.75, 3.05) is 0 Å². The van der Waals surface area contributed by atoms with Crippen LogP contribution >= 0.6 is 15.9 Å². The van der Waals surface area contributed by atoms with Gasteiger partial charge in [-0.2, -0.15) is 5.10 Å². The van der Waals surface area contributed by atoms with E-state index in [1.54, 1.807) is 6.20 Å². The Labute approximate surface area is 133 Å². The molecule has 21 heavy (non-hydrogen) atoms. The van der Waals surface area contributed by atoms with Gasteiger partial charge in [0.05, 0.1) is 28.5 Å². The molecule has 114 valence electrons. The topological polar surface area (TPSA) is 65.1 Å². The van der Waals surface area contributed by atoms with E-state index in [0.29, 0.717) is 0 Å². The molecule has 0 radical (unpaired) electrons. The standard InChI is InChI=1S/C15H21BrN4O/c1-4-20-15(13(16)9-18-20)14(19-17)11-6-5-7-12(8-11)21-10(2)3/h5-10,14,19H,4,17H2,1-3H3. The van der Waals surface area contributed by atoms with E-state index in [1.807, 2.05) is 42.8 Å². The third-order valence-corrected chi connectivity index (χ3v) is 3.75. The fourth-order valence-corrected chi connectivity index (χ4v) is 2.81. The van der Waals surface area contributed by atoms with Gasteiger partial charge < -0.3 is 4.74 Å². The van der Waals surface area contributed by atoms with Crippen LogP contribution in [0.2, 0.25) is 0 Å². The summed E-state index contributed by atoms with van der Waals surface area (Å²) in [6.07, 6.45) is 1.93. The number of halogens is 1. The lowest BCUT2D eigenvalue weighted by molar-refractivity contribution is 0.242. The number of ether oxygens (including phenoxy) is 1. The summed E-state index contributed by atoms with van der Waals surface area (Å²) in [5.41, 5.74) is 4.91. The molecule has 0 bridgehead atoms. The molecule has 2 aromatic rings. The fourth-order valence-electron chi connectivity index (χ4n) is 2.28. The number of hydrogen-bond donors (Lipinski definition) is 2. The average molecular weight is 353 g/mol. The number of hydrogen-bond acceptors (Lipinski definition) is 4. The van der Waals surface area contributed by atoms with Crippen molar-refractivity contribution < 1.29 is 4.74 Å². The third-order valence-electron chi connectivity index (χ3n) is 3.14. The number of nitrogens with zero attached hydrogens (tertiary/aromatic N) is 2. The van der Waals surface area contributed by atoms with Crippen LogP contribution in [0.25, 0.3) is 0 Å². The smallest absolute Gasteiger partial charge is 0.120 e. The van der Waals surface area contributed by atoms with Gasteiger partial charge in [0.2, 0.25) is 0 Å². The minimum atomic E-state index is -0.155. The van der Waals surface area contributed by atoms with E-state index in [2.05, 4.69) is 33.4 Å². The molecule has 1 aromatic carbocycles. The molecule has 1 aromatic heterocycles. The Bertz CT molecular complexity index is 597. The zero-order valence-corrected chi connectivity index (χ0v) is 14.1. The molecule has 0 aliphatic rings. The summed E-state index contributed by atoms with van der Waals surface area (Å²) in [5.74, 6) is 6.62. The molecule has 6 heteroatoms. The van der Waals surface area contributed by atoms with Crippen molar-refractivity contribution in [3.8, 4) is 5.75 Å². The highest BCUT2D eigenvalue weighted by Gasteiger charge is 2.21. The van der Waals surface area contributed by atoms with Crippen molar-refractivity contribution in [2.45, 2.75) is 39.5 Å². The van der Waals surface area contributed by atoms with E-state index >= 15 is 0 Å². The summed E-state index contributed by atoms with van der Waals surface area (Å²) in [5, 5.41) is 4.34. The molecular formula is C15H21BrN4O. The van der Waals surface area contributed by atoms with Gasteiger partial charge in [0.15, 0.2) is 0 Å². The molecule has 1 heterocycles. The van der Waals surface area contributed by atoms with Crippen molar-refractivity contribution in [1.29, 1.82) is 0 Å². The Morgan fingerprint density at radius 1 is 1.43 bits per heavy atom. The van der Waals surface area contributed by atoms with Crippen LogP contribution in [0.3, 0.4) is 0 Å². The number of benzene rings is 1. The molecule has 0 saturated carbocycles. The van der Waals surface area contributed by atoms with Crippen molar-refractivity contribution in [1.82, 2.24) is 15.2 Å². The molecular weight excluding hydrogens is 332 g/mol. The molecule has 3 N–H and O–H groups in total. The van der Waals surface area contributed by atoms with Crippen LogP contribution in [0.1, 0.15) is 38.1 Å². The first kappa shape index (κ1) is 16.0. The zero-order chi connectivity index (χ0) is 15.4. The van der Waals surface area contributed by atoms with Gasteiger partial charge in [-0.05, 0) is 54.4 Å². The van der Waals surface area contributed by atoms with Gasteiger partial charge >= 0.3 is 0 Å². The Morgan fingerprint density at radius 2 is 2.19 bits per heavy atom. The Hall–Kier alpha value is -1.37. The number of aromatic nitrogens is 2. The highest BCUT2D eigenvalue weighted by atomic mass is 79.9.